The number of nitrogens with zero attached hydrogens (tertiary/aromatic N) is 2. The normalized spacial score (nSPS) is 14.8. The molecule has 1 N–H and O–H groups in total. The molecule has 0 fully saturated rings. The molecule has 4 rings (SSSR count). The van der Waals surface area contributed by atoms with Gasteiger partial charge in [-0.2, -0.15) is 0 Å². The SMILES string of the molecule is CC(C)OC(=O)Nc1ccc2c(c1)N(C(=O)CN1C(=O)C=CC1=O)c1ccccc1CC2. The van der Waals surface area contributed by atoms with Crippen molar-refractivity contribution in [3.05, 3.63) is 65.7 Å². The van der Waals surface area contributed by atoms with Gasteiger partial charge in [0, 0.05) is 17.8 Å². The van der Waals surface area contributed by atoms with Crippen LogP contribution in [0.15, 0.2) is 54.6 Å². The van der Waals surface area contributed by atoms with Crippen molar-refractivity contribution in [1.82, 2.24) is 4.90 Å². The van der Waals surface area contributed by atoms with Crippen LogP contribution in [0.25, 0.3) is 0 Å². The van der Waals surface area contributed by atoms with Gasteiger partial charge in [-0.3, -0.25) is 29.5 Å². The zero-order chi connectivity index (χ0) is 22.8. The first-order valence-corrected chi connectivity index (χ1v) is 10.4. The molecule has 0 unspecified atom stereocenters. The van der Waals surface area contributed by atoms with Crippen molar-refractivity contribution in [2.24, 2.45) is 0 Å². The summed E-state index contributed by atoms with van der Waals surface area (Å²) in [6.45, 7) is 3.12. The summed E-state index contributed by atoms with van der Waals surface area (Å²) in [6, 6.07) is 12.9. The van der Waals surface area contributed by atoms with E-state index in [1.165, 1.54) is 4.90 Å². The van der Waals surface area contributed by atoms with Gasteiger partial charge in [0.25, 0.3) is 17.7 Å². The van der Waals surface area contributed by atoms with Crippen LogP contribution >= 0.6 is 0 Å². The van der Waals surface area contributed by atoms with Crippen LogP contribution in [0, 0.1) is 0 Å². The Hall–Kier alpha value is -3.94. The lowest BCUT2D eigenvalue weighted by atomic mass is 10.0. The van der Waals surface area contributed by atoms with Gasteiger partial charge in [-0.05, 0) is 56.0 Å². The summed E-state index contributed by atoms with van der Waals surface area (Å²) >= 11 is 0. The van der Waals surface area contributed by atoms with Gasteiger partial charge in [-0.25, -0.2) is 4.79 Å². The number of rotatable bonds is 4. The quantitative estimate of drug-likeness (QED) is 0.746. The number of nitrogens with one attached hydrogen (secondary N) is 1. The monoisotopic (exact) mass is 433 g/mol. The van der Waals surface area contributed by atoms with Crippen molar-refractivity contribution in [3.8, 4) is 0 Å². The minimum absolute atomic E-state index is 0.273. The molecule has 2 aliphatic rings. The molecule has 0 bridgehead atoms. The fourth-order valence-corrected chi connectivity index (χ4v) is 3.82. The summed E-state index contributed by atoms with van der Waals surface area (Å²) in [7, 11) is 0. The van der Waals surface area contributed by atoms with Crippen molar-refractivity contribution in [2.45, 2.75) is 32.8 Å². The number of hydrogen-bond acceptors (Lipinski definition) is 5. The first kappa shape index (κ1) is 21.3. The van der Waals surface area contributed by atoms with Crippen LogP contribution < -0.4 is 10.2 Å². The van der Waals surface area contributed by atoms with E-state index < -0.39 is 23.8 Å². The van der Waals surface area contributed by atoms with Crippen LogP contribution in [-0.4, -0.2) is 41.4 Å². The summed E-state index contributed by atoms with van der Waals surface area (Å²) in [6.07, 6.45) is 2.86. The first-order valence-electron chi connectivity index (χ1n) is 10.4. The highest BCUT2D eigenvalue weighted by Gasteiger charge is 2.31. The van der Waals surface area contributed by atoms with Crippen molar-refractivity contribution in [3.63, 3.8) is 0 Å². The van der Waals surface area contributed by atoms with E-state index >= 15 is 0 Å². The summed E-state index contributed by atoms with van der Waals surface area (Å²) in [4.78, 5) is 52.0. The Morgan fingerprint density at radius 3 is 2.31 bits per heavy atom. The molecule has 0 saturated carbocycles. The predicted octanol–water partition coefficient (Wildman–Crippen LogP) is 3.33. The third-order valence-corrected chi connectivity index (χ3v) is 5.25. The predicted molar refractivity (Wildman–Crippen MR) is 119 cm³/mol. The molecule has 0 aliphatic carbocycles. The molecule has 2 aromatic carbocycles. The van der Waals surface area contributed by atoms with Gasteiger partial charge < -0.3 is 4.74 Å². The summed E-state index contributed by atoms with van der Waals surface area (Å²) in [5.41, 5.74) is 3.64. The second kappa shape index (κ2) is 8.66. The second-order valence-corrected chi connectivity index (χ2v) is 7.88. The number of benzene rings is 2. The van der Waals surface area contributed by atoms with E-state index in [1.54, 1.807) is 26.0 Å². The first-order chi connectivity index (χ1) is 15.3. The lowest BCUT2D eigenvalue weighted by Crippen LogP contribution is -2.41. The molecule has 164 valence electrons. The Kier molecular flexibility index (Phi) is 5.77. The number of anilines is 3. The smallest absolute Gasteiger partial charge is 0.411 e. The van der Waals surface area contributed by atoms with E-state index in [2.05, 4.69) is 5.32 Å². The molecule has 8 nitrogen and oxygen atoms in total. The number of aryl methyl sites for hydroxylation is 2. The Morgan fingerprint density at radius 2 is 1.62 bits per heavy atom. The van der Waals surface area contributed by atoms with Gasteiger partial charge in [0.15, 0.2) is 0 Å². The maximum atomic E-state index is 13.4. The molecule has 0 atom stereocenters. The molecule has 0 aromatic heterocycles. The average Bonchev–Trinajstić information content (AvgIpc) is 2.96. The van der Waals surface area contributed by atoms with Gasteiger partial charge in [0.1, 0.15) is 6.54 Å². The van der Waals surface area contributed by atoms with E-state index in [1.807, 2.05) is 30.3 Å². The zero-order valence-corrected chi connectivity index (χ0v) is 17.8. The van der Waals surface area contributed by atoms with E-state index in [9.17, 15) is 19.2 Å². The highest BCUT2D eigenvalue weighted by atomic mass is 16.6. The number of hydrogen-bond donors (Lipinski definition) is 1. The molecule has 0 saturated heterocycles. The van der Waals surface area contributed by atoms with Crippen molar-refractivity contribution in [1.29, 1.82) is 0 Å². The highest BCUT2D eigenvalue weighted by Crippen LogP contribution is 2.38. The van der Waals surface area contributed by atoms with Crippen LogP contribution in [0.4, 0.5) is 21.9 Å². The van der Waals surface area contributed by atoms with Crippen molar-refractivity contribution >= 4 is 40.9 Å². The van der Waals surface area contributed by atoms with Crippen molar-refractivity contribution < 1.29 is 23.9 Å². The van der Waals surface area contributed by atoms with E-state index in [-0.39, 0.29) is 12.6 Å². The molecular formula is C24H23N3O5. The van der Waals surface area contributed by atoms with E-state index in [0.29, 0.717) is 23.5 Å². The third-order valence-electron chi connectivity index (χ3n) is 5.25. The Morgan fingerprint density at radius 1 is 0.969 bits per heavy atom. The molecule has 2 heterocycles. The number of para-hydroxylation sites is 1. The fraction of sp³-hybridized carbons (Fsp3) is 0.250. The van der Waals surface area contributed by atoms with Crippen LogP contribution in [0.3, 0.4) is 0 Å². The Bertz CT molecular complexity index is 1120. The highest BCUT2D eigenvalue weighted by molar-refractivity contribution is 6.16. The topological polar surface area (TPSA) is 96.0 Å². The average molecular weight is 433 g/mol. The molecule has 0 spiro atoms. The Balaban J connectivity index is 1.72. The number of carbonyl (C=O) groups is 4. The third kappa shape index (κ3) is 4.25. The summed E-state index contributed by atoms with van der Waals surface area (Å²) in [5.74, 6) is -1.45. The molecular weight excluding hydrogens is 410 g/mol. The van der Waals surface area contributed by atoms with Crippen molar-refractivity contribution in [2.75, 3.05) is 16.8 Å². The number of amides is 4. The maximum absolute atomic E-state index is 13.4. The van der Waals surface area contributed by atoms with Gasteiger partial charge in [-0.15, -0.1) is 0 Å². The largest absolute Gasteiger partial charge is 0.447 e. The number of imide groups is 1. The minimum Gasteiger partial charge on any atom is -0.447 e. The summed E-state index contributed by atoms with van der Waals surface area (Å²) in [5, 5.41) is 2.69. The fourth-order valence-electron chi connectivity index (χ4n) is 3.82. The van der Waals surface area contributed by atoms with Crippen LogP contribution in [0.2, 0.25) is 0 Å². The molecule has 2 aliphatic heterocycles. The lowest BCUT2D eigenvalue weighted by Gasteiger charge is -2.27. The molecule has 4 amide bonds. The molecule has 8 heteroatoms. The van der Waals surface area contributed by atoms with E-state index in [0.717, 1.165) is 34.6 Å². The number of ether oxygens (including phenoxy) is 1. The van der Waals surface area contributed by atoms with E-state index in [4.69, 9.17) is 4.74 Å². The molecule has 32 heavy (non-hydrogen) atoms. The van der Waals surface area contributed by atoms with Crippen LogP contribution in [0.1, 0.15) is 25.0 Å². The number of fused-ring (bicyclic) bond motifs is 2. The van der Waals surface area contributed by atoms with Gasteiger partial charge in [0.2, 0.25) is 0 Å². The molecule has 2 aromatic rings. The number of carbonyl (C=O) groups excluding carboxylic acids is 4. The Labute approximate surface area is 185 Å². The minimum atomic E-state index is -0.591. The molecule has 0 radical (unpaired) electrons. The second-order valence-electron chi connectivity index (χ2n) is 7.88. The van der Waals surface area contributed by atoms with Gasteiger partial charge in [-0.1, -0.05) is 24.3 Å². The van der Waals surface area contributed by atoms with Crippen LogP contribution in [0.5, 0.6) is 0 Å². The lowest BCUT2D eigenvalue weighted by molar-refractivity contribution is -0.140. The standard InChI is InChI=1S/C24H23N3O5/c1-15(2)32-24(31)25-18-10-9-17-8-7-16-5-3-4-6-19(16)27(20(17)13-18)23(30)14-26-21(28)11-12-22(26)29/h3-6,9-13,15H,7-8,14H2,1-2H3,(H,25,31). The van der Waals surface area contributed by atoms with Crippen LogP contribution in [-0.2, 0) is 32.0 Å². The zero-order valence-electron chi connectivity index (χ0n) is 17.8. The van der Waals surface area contributed by atoms with Gasteiger partial charge >= 0.3 is 6.09 Å². The summed E-state index contributed by atoms with van der Waals surface area (Å²) < 4.78 is 5.15. The maximum Gasteiger partial charge on any atom is 0.411 e. The van der Waals surface area contributed by atoms with Gasteiger partial charge in [0.05, 0.1) is 17.5 Å².